The van der Waals surface area contributed by atoms with E-state index in [1.807, 2.05) is 0 Å². The fraction of sp³-hybridized carbons (Fsp3) is 0.537. The number of fused-ring (bicyclic) bond motifs is 4. The Kier molecular flexibility index (Phi) is 14.0. The van der Waals surface area contributed by atoms with Crippen molar-refractivity contribution in [2.75, 3.05) is 32.1 Å². The van der Waals surface area contributed by atoms with E-state index in [-0.39, 0.29) is 55.9 Å². The van der Waals surface area contributed by atoms with Crippen molar-refractivity contribution in [1.82, 2.24) is 4.98 Å². The molecule has 2 aromatic rings. The molecule has 2 aliphatic carbocycles. The molecule has 2 aromatic carbocycles. The van der Waals surface area contributed by atoms with Crippen LogP contribution in [0.3, 0.4) is 0 Å². The van der Waals surface area contributed by atoms with E-state index in [0.29, 0.717) is 30.0 Å². The summed E-state index contributed by atoms with van der Waals surface area (Å²) < 4.78 is 38.0. The van der Waals surface area contributed by atoms with Gasteiger partial charge >= 0.3 is 11.8 Å². The minimum atomic E-state index is -2.04. The molecule has 12 atom stereocenters. The van der Waals surface area contributed by atoms with Gasteiger partial charge in [0.15, 0.2) is 11.3 Å². The maximum atomic E-state index is 14.9. The van der Waals surface area contributed by atoms with E-state index in [1.165, 1.54) is 65.6 Å². The number of carbonyl (C=O) groups is 3. The molecule has 70 heavy (non-hydrogen) atoms. The van der Waals surface area contributed by atoms with Gasteiger partial charge in [-0.3, -0.25) is 19.2 Å². The van der Waals surface area contributed by atoms with Gasteiger partial charge in [-0.05, 0) is 58.7 Å². The van der Waals surface area contributed by atoms with E-state index in [0.717, 1.165) is 23.5 Å². The lowest BCUT2D eigenvalue weighted by Crippen LogP contribution is -2.59. The number of phenolic OH excluding ortho intramolecular Hbond substituents is 1. The number of Topliss-reactive ketones (excluding diaryl/α,β-unsaturated/α-hetero) is 1. The molecule has 16 nitrogen and oxygen atoms in total. The number of aromatic hydroxyl groups is 1. The van der Waals surface area contributed by atoms with Gasteiger partial charge in [0.05, 0.1) is 54.2 Å². The smallest absolute Gasteiger partial charge is 0.312 e. The van der Waals surface area contributed by atoms with Gasteiger partial charge in [-0.15, -0.1) is 0 Å². The Morgan fingerprint density at radius 1 is 1.01 bits per heavy atom. The van der Waals surface area contributed by atoms with Gasteiger partial charge < -0.3 is 53.2 Å². The normalized spacial score (nSPS) is 33.3. The summed E-state index contributed by atoms with van der Waals surface area (Å²) in [5.41, 5.74) is -0.421. The summed E-state index contributed by atoms with van der Waals surface area (Å²) in [5.74, 6) is -5.91. The number of aliphatic hydroxyl groups is 2. The molecule has 1 saturated heterocycles. The summed E-state index contributed by atoms with van der Waals surface area (Å²) in [6.07, 6.45) is 7.46. The number of nitrogens with zero attached hydrogens (tertiary/aromatic N) is 2. The highest BCUT2D eigenvalue weighted by atomic mass is 16.7. The number of likely N-dealkylation sites (tertiary alicyclic amines) is 1. The van der Waals surface area contributed by atoms with Crippen molar-refractivity contribution >= 4 is 45.2 Å². The second kappa shape index (κ2) is 19.4. The molecular weight excluding hydrogens is 899 g/mol. The fourth-order valence-electron chi connectivity index (χ4n) is 11.7. The lowest BCUT2D eigenvalue weighted by molar-refractivity contribution is -0.962. The second-order valence-electron chi connectivity index (χ2n) is 20.6. The number of hydrogen-bond donors (Lipinski definition) is 4. The number of carbonyl (C=O) groups excluding carboxylic acids is 3. The van der Waals surface area contributed by atoms with E-state index >= 15 is 0 Å². The van der Waals surface area contributed by atoms with Crippen LogP contribution in [0, 0.1) is 36.5 Å². The van der Waals surface area contributed by atoms with Crippen molar-refractivity contribution in [3.8, 4) is 28.7 Å². The summed E-state index contributed by atoms with van der Waals surface area (Å²) in [6, 6.07) is 6.30. The number of phenols is 1. The van der Waals surface area contributed by atoms with Crippen molar-refractivity contribution in [2.45, 2.75) is 131 Å². The van der Waals surface area contributed by atoms with Gasteiger partial charge in [-0.2, -0.15) is 0 Å². The van der Waals surface area contributed by atoms with Crippen LogP contribution in [-0.2, 0) is 23.8 Å². The molecule has 4 heterocycles. The van der Waals surface area contributed by atoms with E-state index in [1.54, 1.807) is 65.0 Å². The maximum absolute atomic E-state index is 14.9. The van der Waals surface area contributed by atoms with Crippen LogP contribution in [0.15, 0.2) is 63.6 Å². The third-order valence-electron chi connectivity index (χ3n) is 16.0. The zero-order valence-electron chi connectivity index (χ0n) is 42.0. The van der Waals surface area contributed by atoms with Gasteiger partial charge in [0, 0.05) is 79.6 Å². The predicted octanol–water partition coefficient (Wildman–Crippen LogP) is 7.74. The largest absolute Gasteiger partial charge is 0.507 e. The Morgan fingerprint density at radius 3 is 2.41 bits per heavy atom. The molecule has 6 aliphatic rings. The first-order valence-corrected chi connectivity index (χ1v) is 24.5. The van der Waals surface area contributed by atoms with E-state index in [9.17, 15) is 34.5 Å². The topological polar surface area (TPSA) is 213 Å². The number of quaternary nitrogens is 1. The van der Waals surface area contributed by atoms with Gasteiger partial charge in [0.25, 0.3) is 11.7 Å². The third-order valence-corrected chi connectivity index (χ3v) is 16.0. The Balaban J connectivity index is 1.25. The zero-order valence-corrected chi connectivity index (χ0v) is 42.0. The van der Waals surface area contributed by atoms with Crippen LogP contribution in [0.1, 0.15) is 97.5 Å². The summed E-state index contributed by atoms with van der Waals surface area (Å²) in [5, 5.41) is 37.4. The molecule has 3 unspecified atom stereocenters. The molecule has 1 amide bonds. The molecule has 16 heteroatoms. The number of ketones is 1. The van der Waals surface area contributed by atoms with Crippen LogP contribution < -0.4 is 20.2 Å². The number of aromatic nitrogens is 1. The van der Waals surface area contributed by atoms with Crippen LogP contribution >= 0.6 is 0 Å². The number of hydrogen-bond acceptors (Lipinski definition) is 14. The van der Waals surface area contributed by atoms with Crippen LogP contribution in [0.25, 0.3) is 33.3 Å². The highest BCUT2D eigenvalue weighted by Gasteiger charge is 2.53. The summed E-state index contributed by atoms with van der Waals surface area (Å²) >= 11 is 0. The Bertz CT molecular complexity index is 2830. The number of ether oxygens (including phenoxy) is 5. The highest BCUT2D eigenvalue weighted by molar-refractivity contribution is 6.22. The average Bonchev–Trinajstić information content (AvgIpc) is 4.02. The number of aliphatic hydroxyl groups excluding tert-OH is 2. The molecule has 1 saturated carbocycles. The molecule has 376 valence electrons. The van der Waals surface area contributed by atoms with Gasteiger partial charge in [0.1, 0.15) is 53.4 Å². The minimum absolute atomic E-state index is 0.00386. The standard InChI is InChI=1S/C54H67N3O13/c1-26(2)57(25-34-15-16-35(57)23-34)20-22-66-36-17-18-37-39(24-36)69-51-43(55-37)40-41-47(61)32(8)50-42(40)52(63)54(10,70-50)67-21-19-38(65-11)29(5)49(68-33(9)58)31(7)46(60)30(6)45(59)27(3)13-12-14-28(4)53(64)56-44(51)48(41)62/h12-14,17-19,21,24,26-27,29-31,34-35,38,45-46,49,59-60H,15-16,20,22-23,25H2,1-11H3,(H-,55,56,61,62,63,64)/p+1/b13-12+,21-19+,28-14-/t27-,29+,30+,31+,34?,35?,38-,45-,46+,49+,54-,57?/m0/s1. The summed E-state index contributed by atoms with van der Waals surface area (Å²) in [7, 11) is 1.45. The minimum Gasteiger partial charge on any atom is -0.507 e. The molecule has 6 bridgehead atoms. The van der Waals surface area contributed by atoms with Gasteiger partial charge in [-0.1, -0.05) is 45.9 Å². The van der Waals surface area contributed by atoms with Crippen molar-refractivity contribution in [1.29, 1.82) is 0 Å². The van der Waals surface area contributed by atoms with Crippen LogP contribution in [0.2, 0.25) is 0 Å². The number of allylic oxidation sites excluding steroid dienone is 2. The first-order chi connectivity index (χ1) is 33.1. The molecule has 0 spiro atoms. The lowest BCUT2D eigenvalue weighted by Gasteiger charge is -2.45. The number of rotatable bonds is 7. The van der Waals surface area contributed by atoms with Gasteiger partial charge in [0.2, 0.25) is 5.43 Å². The van der Waals surface area contributed by atoms with Crippen LogP contribution in [0.5, 0.6) is 17.2 Å². The Morgan fingerprint density at radius 2 is 1.76 bits per heavy atom. The number of benzene rings is 3. The van der Waals surface area contributed by atoms with Crippen molar-refractivity contribution < 1.29 is 62.3 Å². The number of nitrogens with one attached hydrogen (secondary N) is 1. The van der Waals surface area contributed by atoms with Crippen molar-refractivity contribution in [2.24, 2.45) is 29.6 Å². The maximum Gasteiger partial charge on any atom is 0.312 e. The number of piperidine rings is 1. The molecule has 8 rings (SSSR count). The molecule has 2 fully saturated rings. The van der Waals surface area contributed by atoms with E-state index < -0.39 is 82.7 Å². The monoisotopic (exact) mass is 966 g/mol. The molecule has 0 radical (unpaired) electrons. The molecular formula is C54H68N3O13+. The van der Waals surface area contributed by atoms with Crippen molar-refractivity contribution in [3.05, 3.63) is 75.7 Å². The van der Waals surface area contributed by atoms with Crippen LogP contribution in [-0.4, -0.2) is 112 Å². The number of anilines is 1. The van der Waals surface area contributed by atoms with E-state index in [4.69, 9.17) is 33.1 Å². The second-order valence-corrected chi connectivity index (χ2v) is 20.6. The highest BCUT2D eigenvalue weighted by Crippen LogP contribution is 2.51. The fourth-order valence-corrected chi connectivity index (χ4v) is 11.7. The van der Waals surface area contributed by atoms with Gasteiger partial charge in [-0.25, -0.2) is 4.98 Å². The molecule has 4 aliphatic heterocycles. The SMILES string of the molecule is CO[C@H]1/C=C/O[C@@]2(C)Oc3c(C)c(O)c4c(=O)c(c5oc6cc(OCC[N+]7(C(C)C)CC8CCC7C8)ccc6nc-5c4c3C2=O)NC(=O)/C(C)=C\C=C\[C@H](C)[C@H](O)[C@@H](C)[C@@H](O)[C@@H](C)[C@H](OC(C)=O)[C@@H]1C. The molecule has 4 N–H and O–H groups in total. The number of esters is 1. The predicted molar refractivity (Wildman–Crippen MR) is 263 cm³/mol. The average molecular weight is 967 g/mol. The zero-order chi connectivity index (χ0) is 50.7. The first-order valence-electron chi connectivity index (χ1n) is 24.5. The quantitative estimate of drug-likeness (QED) is 0.0604. The first kappa shape index (κ1) is 50.6. The third kappa shape index (κ3) is 8.85. The Hall–Kier alpha value is -5.81. The summed E-state index contributed by atoms with van der Waals surface area (Å²) in [6.45, 7) is 19.8. The summed E-state index contributed by atoms with van der Waals surface area (Å²) in [4.78, 5) is 61.2. The van der Waals surface area contributed by atoms with Crippen molar-refractivity contribution in [3.63, 3.8) is 0 Å². The number of methoxy groups -OCH3 is 1. The van der Waals surface area contributed by atoms with E-state index in [2.05, 4.69) is 19.2 Å². The molecule has 0 aromatic heterocycles. The lowest BCUT2D eigenvalue weighted by atomic mass is 9.78. The number of amides is 1. The van der Waals surface area contributed by atoms with Crippen LogP contribution in [0.4, 0.5) is 5.69 Å². The Labute approximate surface area is 408 Å².